The lowest BCUT2D eigenvalue weighted by Crippen LogP contribution is -2.30. The van der Waals surface area contributed by atoms with Gasteiger partial charge in [0.05, 0.1) is 0 Å². The molecule has 1 saturated heterocycles. The molecule has 0 radical (unpaired) electrons. The van der Waals surface area contributed by atoms with Crippen LogP contribution >= 0.6 is 12.4 Å². The van der Waals surface area contributed by atoms with E-state index in [9.17, 15) is 9.59 Å². The van der Waals surface area contributed by atoms with Gasteiger partial charge < -0.3 is 16.0 Å². The third-order valence-corrected chi connectivity index (χ3v) is 3.44. The number of anilines is 1. The first-order valence-electron chi connectivity index (χ1n) is 7.49. The van der Waals surface area contributed by atoms with Crippen molar-refractivity contribution in [2.75, 3.05) is 11.9 Å². The van der Waals surface area contributed by atoms with E-state index >= 15 is 0 Å². The normalized spacial score (nSPS) is 17.0. The first-order chi connectivity index (χ1) is 10.0. The molecule has 2 rings (SSSR count). The molecule has 1 atom stereocenters. The summed E-state index contributed by atoms with van der Waals surface area (Å²) in [5.41, 5.74) is 1.32. The van der Waals surface area contributed by atoms with Gasteiger partial charge in [0.2, 0.25) is 5.91 Å². The van der Waals surface area contributed by atoms with E-state index in [0.717, 1.165) is 25.1 Å². The highest BCUT2D eigenvalue weighted by atomic mass is 35.5. The fourth-order valence-electron chi connectivity index (χ4n) is 2.42. The molecule has 122 valence electrons. The highest BCUT2D eigenvalue weighted by molar-refractivity contribution is 5.96. The van der Waals surface area contributed by atoms with Crippen LogP contribution in [-0.2, 0) is 4.79 Å². The average molecular weight is 326 g/mol. The molecular formula is C16H24ClN3O2. The van der Waals surface area contributed by atoms with Crippen LogP contribution in [0.3, 0.4) is 0 Å². The number of nitrogens with one attached hydrogen (secondary N) is 3. The summed E-state index contributed by atoms with van der Waals surface area (Å²) in [5.74, 6) is -0.0909. The number of hydrogen-bond donors (Lipinski definition) is 3. The van der Waals surface area contributed by atoms with Gasteiger partial charge in [-0.2, -0.15) is 0 Å². The van der Waals surface area contributed by atoms with Crippen molar-refractivity contribution >= 4 is 29.9 Å². The highest BCUT2D eigenvalue weighted by Crippen LogP contribution is 2.13. The topological polar surface area (TPSA) is 70.2 Å². The summed E-state index contributed by atoms with van der Waals surface area (Å²) in [7, 11) is 0. The molecule has 1 aliphatic rings. The Morgan fingerprint density at radius 1 is 1.27 bits per heavy atom. The molecule has 1 fully saturated rings. The first-order valence-corrected chi connectivity index (χ1v) is 7.49. The molecule has 1 aromatic carbocycles. The maximum atomic E-state index is 11.9. The van der Waals surface area contributed by atoms with Crippen molar-refractivity contribution < 1.29 is 9.59 Å². The van der Waals surface area contributed by atoms with Crippen molar-refractivity contribution in [1.29, 1.82) is 0 Å². The van der Waals surface area contributed by atoms with E-state index in [4.69, 9.17) is 0 Å². The molecule has 6 heteroatoms. The molecule has 5 nitrogen and oxygen atoms in total. The molecule has 3 N–H and O–H groups in total. The van der Waals surface area contributed by atoms with Gasteiger partial charge in [-0.3, -0.25) is 9.59 Å². The van der Waals surface area contributed by atoms with Crippen LogP contribution in [0.25, 0.3) is 0 Å². The SMILES string of the molecule is CC(C)NC(=O)c1ccc(NC(=O)CC2CCCN2)cc1.Cl. The van der Waals surface area contributed by atoms with Crippen LogP contribution in [-0.4, -0.2) is 30.4 Å². The molecule has 0 saturated carbocycles. The van der Waals surface area contributed by atoms with Crippen LogP contribution in [0.15, 0.2) is 24.3 Å². The number of carbonyl (C=O) groups excluding carboxylic acids is 2. The van der Waals surface area contributed by atoms with Gasteiger partial charge in [0, 0.05) is 29.8 Å². The molecule has 0 spiro atoms. The second-order valence-electron chi connectivity index (χ2n) is 5.75. The second-order valence-corrected chi connectivity index (χ2v) is 5.75. The van der Waals surface area contributed by atoms with Crippen LogP contribution in [0.1, 0.15) is 43.5 Å². The van der Waals surface area contributed by atoms with Gasteiger partial charge in [-0.25, -0.2) is 0 Å². The molecule has 22 heavy (non-hydrogen) atoms. The largest absolute Gasteiger partial charge is 0.350 e. The lowest BCUT2D eigenvalue weighted by molar-refractivity contribution is -0.116. The van der Waals surface area contributed by atoms with Gasteiger partial charge in [-0.1, -0.05) is 0 Å². The summed E-state index contributed by atoms with van der Waals surface area (Å²) in [4.78, 5) is 23.7. The first kappa shape index (κ1) is 18.5. The smallest absolute Gasteiger partial charge is 0.251 e. The van der Waals surface area contributed by atoms with Gasteiger partial charge in [-0.05, 0) is 57.5 Å². The maximum absolute atomic E-state index is 11.9. The zero-order valence-corrected chi connectivity index (χ0v) is 13.8. The van der Waals surface area contributed by atoms with Crippen molar-refractivity contribution in [3.05, 3.63) is 29.8 Å². The lowest BCUT2D eigenvalue weighted by atomic mass is 10.1. The Hall–Kier alpha value is -1.59. The van der Waals surface area contributed by atoms with Crippen LogP contribution in [0.5, 0.6) is 0 Å². The highest BCUT2D eigenvalue weighted by Gasteiger charge is 2.17. The predicted octanol–water partition coefficient (Wildman–Crippen LogP) is 2.33. The zero-order chi connectivity index (χ0) is 15.2. The number of rotatable bonds is 5. The van der Waals surface area contributed by atoms with Crippen LogP contribution in [0.4, 0.5) is 5.69 Å². The second kappa shape index (κ2) is 8.76. The maximum Gasteiger partial charge on any atom is 0.251 e. The third-order valence-electron chi connectivity index (χ3n) is 3.44. The Labute approximate surface area is 137 Å². The minimum absolute atomic E-state index is 0. The van der Waals surface area contributed by atoms with E-state index in [1.165, 1.54) is 0 Å². The van der Waals surface area contributed by atoms with Gasteiger partial charge in [0.1, 0.15) is 0 Å². The fraction of sp³-hybridized carbons (Fsp3) is 0.500. The Morgan fingerprint density at radius 3 is 2.50 bits per heavy atom. The van der Waals surface area contributed by atoms with Gasteiger partial charge in [0.15, 0.2) is 0 Å². The molecule has 1 heterocycles. The molecule has 2 amide bonds. The number of hydrogen-bond acceptors (Lipinski definition) is 3. The van der Waals surface area contributed by atoms with E-state index in [1.807, 2.05) is 13.8 Å². The van der Waals surface area contributed by atoms with Crippen LogP contribution in [0, 0.1) is 0 Å². The summed E-state index contributed by atoms with van der Waals surface area (Å²) in [6.45, 7) is 4.84. The summed E-state index contributed by atoms with van der Waals surface area (Å²) in [6.07, 6.45) is 2.69. The minimum atomic E-state index is -0.0990. The van der Waals surface area contributed by atoms with Gasteiger partial charge in [-0.15, -0.1) is 12.4 Å². The Balaban J connectivity index is 0.00000242. The number of amides is 2. The van der Waals surface area contributed by atoms with E-state index in [1.54, 1.807) is 24.3 Å². The van der Waals surface area contributed by atoms with Crippen molar-refractivity contribution in [2.24, 2.45) is 0 Å². The molecule has 0 aromatic heterocycles. The fourth-order valence-corrected chi connectivity index (χ4v) is 2.42. The molecule has 0 aliphatic carbocycles. The van der Waals surface area contributed by atoms with Crippen molar-refractivity contribution in [2.45, 2.75) is 45.2 Å². The predicted molar refractivity (Wildman–Crippen MR) is 90.6 cm³/mol. The van der Waals surface area contributed by atoms with Crippen molar-refractivity contribution in [3.63, 3.8) is 0 Å². The average Bonchev–Trinajstić information content (AvgIpc) is 2.91. The quantitative estimate of drug-likeness (QED) is 0.778. The summed E-state index contributed by atoms with van der Waals surface area (Å²) >= 11 is 0. The zero-order valence-electron chi connectivity index (χ0n) is 13.0. The number of carbonyl (C=O) groups is 2. The summed E-state index contributed by atoms with van der Waals surface area (Å²) in [6, 6.07) is 7.36. The van der Waals surface area contributed by atoms with Crippen LogP contribution in [0.2, 0.25) is 0 Å². The van der Waals surface area contributed by atoms with Gasteiger partial charge in [0.25, 0.3) is 5.91 Å². The van der Waals surface area contributed by atoms with E-state index in [0.29, 0.717) is 18.0 Å². The molecule has 1 aromatic rings. The minimum Gasteiger partial charge on any atom is -0.350 e. The number of benzene rings is 1. The van der Waals surface area contributed by atoms with Crippen molar-refractivity contribution in [1.82, 2.24) is 10.6 Å². The molecule has 0 bridgehead atoms. The Bertz CT molecular complexity index is 497. The van der Waals surface area contributed by atoms with E-state index < -0.39 is 0 Å². The summed E-state index contributed by atoms with van der Waals surface area (Å²) < 4.78 is 0. The monoisotopic (exact) mass is 325 g/mol. The number of halogens is 1. The molecule has 1 unspecified atom stereocenters. The van der Waals surface area contributed by atoms with E-state index in [-0.39, 0.29) is 30.3 Å². The summed E-state index contributed by atoms with van der Waals surface area (Å²) in [5, 5.41) is 9.00. The van der Waals surface area contributed by atoms with Crippen LogP contribution < -0.4 is 16.0 Å². The van der Waals surface area contributed by atoms with Crippen molar-refractivity contribution in [3.8, 4) is 0 Å². The standard InChI is InChI=1S/C16H23N3O2.ClH/c1-11(2)18-16(21)12-5-7-13(8-6-12)19-15(20)10-14-4-3-9-17-14;/h5-8,11,14,17H,3-4,9-10H2,1-2H3,(H,18,21)(H,19,20);1H. The Morgan fingerprint density at radius 2 is 1.95 bits per heavy atom. The molecular weight excluding hydrogens is 302 g/mol. The molecule has 1 aliphatic heterocycles. The Kier molecular flexibility index (Phi) is 7.35. The lowest BCUT2D eigenvalue weighted by Gasteiger charge is -2.11. The van der Waals surface area contributed by atoms with Gasteiger partial charge >= 0.3 is 0 Å². The van der Waals surface area contributed by atoms with E-state index in [2.05, 4.69) is 16.0 Å². The third kappa shape index (κ3) is 5.66.